The van der Waals surface area contributed by atoms with Crippen molar-refractivity contribution in [3.63, 3.8) is 0 Å². The summed E-state index contributed by atoms with van der Waals surface area (Å²) in [7, 11) is 2.07. The smallest absolute Gasteiger partial charge is 0.258 e. The first-order valence-corrected chi connectivity index (χ1v) is 11.4. The Morgan fingerprint density at radius 3 is 2.43 bits per heavy atom. The monoisotopic (exact) mass is 448 g/mol. The number of halogens is 2. The van der Waals surface area contributed by atoms with Crippen LogP contribution in [-0.4, -0.2) is 48.0 Å². The van der Waals surface area contributed by atoms with Crippen molar-refractivity contribution in [2.75, 3.05) is 30.4 Å². The van der Waals surface area contributed by atoms with E-state index < -0.39 is 0 Å². The molecule has 1 aliphatic rings. The predicted molar refractivity (Wildman–Crippen MR) is 126 cm³/mol. The van der Waals surface area contributed by atoms with Gasteiger partial charge in [-0.1, -0.05) is 37.0 Å². The number of aromatic nitrogens is 1. The molecule has 0 radical (unpaired) electrons. The number of anilines is 2. The average Bonchev–Trinajstić information content (AvgIpc) is 2.76. The minimum absolute atomic E-state index is 0.233. The Kier molecular flexibility index (Phi) is 7.98. The molecule has 0 saturated carbocycles. The third-order valence-electron chi connectivity index (χ3n) is 6.06. The lowest BCUT2D eigenvalue weighted by Gasteiger charge is -2.41. The predicted octanol–water partition coefficient (Wildman–Crippen LogP) is 5.73. The summed E-state index contributed by atoms with van der Waals surface area (Å²) in [4.78, 5) is 22.0. The van der Waals surface area contributed by atoms with Gasteiger partial charge in [-0.05, 0) is 56.0 Å². The van der Waals surface area contributed by atoms with Crippen LogP contribution in [-0.2, 0) is 0 Å². The van der Waals surface area contributed by atoms with Gasteiger partial charge in [0.1, 0.15) is 5.82 Å². The number of nitrogens with zero attached hydrogens (tertiary/aromatic N) is 3. The summed E-state index contributed by atoms with van der Waals surface area (Å²) in [6, 6.07) is 9.92. The molecule has 1 saturated heterocycles. The van der Waals surface area contributed by atoms with Crippen molar-refractivity contribution in [1.82, 2.24) is 9.88 Å². The highest BCUT2D eigenvalue weighted by molar-refractivity contribution is 6.31. The van der Waals surface area contributed by atoms with Gasteiger partial charge in [0, 0.05) is 49.1 Å². The van der Waals surface area contributed by atoms with E-state index in [1.807, 2.05) is 12.1 Å². The second-order valence-corrected chi connectivity index (χ2v) is 8.70. The first-order valence-electron chi connectivity index (χ1n) is 10.6. The molecule has 5 nitrogen and oxygen atoms in total. The van der Waals surface area contributed by atoms with E-state index in [0.717, 1.165) is 31.6 Å². The lowest BCUT2D eigenvalue weighted by atomic mass is 9.98. The number of piperidine rings is 1. The fourth-order valence-corrected chi connectivity index (χ4v) is 4.56. The average molecular weight is 449 g/mol. The Bertz CT molecular complexity index is 847. The lowest BCUT2D eigenvalue weighted by Crippen LogP contribution is -2.47. The van der Waals surface area contributed by atoms with Crippen LogP contribution < -0.4 is 10.2 Å². The zero-order valence-corrected chi connectivity index (χ0v) is 19.4. The van der Waals surface area contributed by atoms with E-state index >= 15 is 0 Å². The summed E-state index contributed by atoms with van der Waals surface area (Å²) >= 11 is 12.1. The Balaban J connectivity index is 1.74. The highest BCUT2D eigenvalue weighted by Gasteiger charge is 2.27. The molecule has 1 aromatic heterocycles. The topological polar surface area (TPSA) is 48.5 Å². The van der Waals surface area contributed by atoms with E-state index in [-0.39, 0.29) is 5.91 Å². The number of carbonyl (C=O) groups excluding carboxylic acids is 1. The number of hydrogen-bond donors (Lipinski definition) is 1. The van der Waals surface area contributed by atoms with Gasteiger partial charge in [-0.15, -0.1) is 0 Å². The highest BCUT2D eigenvalue weighted by Crippen LogP contribution is 2.29. The van der Waals surface area contributed by atoms with E-state index in [0.29, 0.717) is 33.5 Å². The minimum atomic E-state index is -0.233. The van der Waals surface area contributed by atoms with Crippen molar-refractivity contribution in [3.05, 3.63) is 52.1 Å². The van der Waals surface area contributed by atoms with Crippen molar-refractivity contribution in [2.24, 2.45) is 0 Å². The second kappa shape index (κ2) is 10.5. The number of nitrogens with one attached hydrogen (secondary N) is 1. The molecule has 1 fully saturated rings. The SMILES string of the molecule is CCC(CC)N1CCC(N(C)c2ccc(Cl)cc2C(=O)Nc2ccc(Cl)cn2)CC1. The van der Waals surface area contributed by atoms with Gasteiger partial charge in [0.25, 0.3) is 5.91 Å². The Labute approximate surface area is 189 Å². The molecule has 0 aliphatic carbocycles. The van der Waals surface area contributed by atoms with E-state index in [9.17, 15) is 4.79 Å². The molecule has 2 aromatic rings. The van der Waals surface area contributed by atoms with Crippen LogP contribution in [0.25, 0.3) is 0 Å². The van der Waals surface area contributed by atoms with Gasteiger partial charge in [-0.3, -0.25) is 4.79 Å². The molecular formula is C23H30Cl2N4O. The molecule has 0 bridgehead atoms. The molecular weight excluding hydrogens is 419 g/mol. The fraction of sp³-hybridized carbons (Fsp3) is 0.478. The van der Waals surface area contributed by atoms with Crippen molar-refractivity contribution in [1.29, 1.82) is 0 Å². The summed E-state index contributed by atoms with van der Waals surface area (Å²) in [5.41, 5.74) is 1.43. The van der Waals surface area contributed by atoms with Crippen LogP contribution in [0.1, 0.15) is 49.9 Å². The second-order valence-electron chi connectivity index (χ2n) is 7.83. The maximum Gasteiger partial charge on any atom is 0.258 e. The molecule has 0 atom stereocenters. The first-order chi connectivity index (χ1) is 14.4. The van der Waals surface area contributed by atoms with E-state index in [1.165, 1.54) is 19.0 Å². The van der Waals surface area contributed by atoms with E-state index in [2.05, 4.69) is 41.0 Å². The number of carbonyl (C=O) groups is 1. The third-order valence-corrected chi connectivity index (χ3v) is 6.52. The number of rotatable bonds is 7. The molecule has 2 heterocycles. The quantitative estimate of drug-likeness (QED) is 0.587. The largest absolute Gasteiger partial charge is 0.371 e. The lowest BCUT2D eigenvalue weighted by molar-refractivity contribution is 0.102. The van der Waals surface area contributed by atoms with Crippen molar-refractivity contribution in [2.45, 2.75) is 51.6 Å². The summed E-state index contributed by atoms with van der Waals surface area (Å²) in [5, 5.41) is 3.90. The van der Waals surface area contributed by atoms with Crippen LogP contribution in [0.4, 0.5) is 11.5 Å². The van der Waals surface area contributed by atoms with Crippen LogP contribution in [0.5, 0.6) is 0 Å². The number of likely N-dealkylation sites (tertiary alicyclic amines) is 1. The summed E-state index contributed by atoms with van der Waals surface area (Å²) < 4.78 is 0. The summed E-state index contributed by atoms with van der Waals surface area (Å²) in [6.07, 6.45) is 6.05. The molecule has 7 heteroatoms. The maximum absolute atomic E-state index is 13.0. The molecule has 3 rings (SSSR count). The number of pyridine rings is 1. The fourth-order valence-electron chi connectivity index (χ4n) is 4.27. The third kappa shape index (κ3) is 5.45. The van der Waals surface area contributed by atoms with Crippen LogP contribution in [0, 0.1) is 0 Å². The molecule has 1 aliphatic heterocycles. The van der Waals surface area contributed by atoms with Crippen molar-refractivity contribution >= 4 is 40.6 Å². The van der Waals surface area contributed by atoms with Gasteiger partial charge in [-0.2, -0.15) is 0 Å². The van der Waals surface area contributed by atoms with Crippen molar-refractivity contribution in [3.8, 4) is 0 Å². The van der Waals surface area contributed by atoms with Gasteiger partial charge >= 0.3 is 0 Å². The molecule has 1 N–H and O–H groups in total. The zero-order chi connectivity index (χ0) is 21.7. The summed E-state index contributed by atoms with van der Waals surface area (Å²) in [6.45, 7) is 6.71. The molecule has 162 valence electrons. The Hall–Kier alpha value is -1.82. The standard InChI is InChI=1S/C23H30Cl2N4O/c1-4-18(5-2)29-12-10-19(11-13-29)28(3)21-8-6-16(24)14-20(21)23(30)27-22-9-7-17(25)15-26-22/h6-9,14-15,18-19H,4-5,10-13H2,1-3H3,(H,26,27,30). The van der Waals surface area contributed by atoms with Gasteiger partial charge in [0.15, 0.2) is 0 Å². The molecule has 0 spiro atoms. The maximum atomic E-state index is 13.0. The number of hydrogen-bond acceptors (Lipinski definition) is 4. The summed E-state index contributed by atoms with van der Waals surface area (Å²) in [5.74, 6) is 0.222. The van der Waals surface area contributed by atoms with Crippen LogP contribution >= 0.6 is 23.2 Å². The zero-order valence-electron chi connectivity index (χ0n) is 17.9. The van der Waals surface area contributed by atoms with Gasteiger partial charge in [0.05, 0.1) is 10.6 Å². The number of amides is 1. The Morgan fingerprint density at radius 1 is 1.17 bits per heavy atom. The van der Waals surface area contributed by atoms with Gasteiger partial charge in [-0.25, -0.2) is 4.98 Å². The molecule has 1 aromatic carbocycles. The van der Waals surface area contributed by atoms with Gasteiger partial charge < -0.3 is 15.1 Å². The first kappa shape index (κ1) is 22.9. The normalized spacial score (nSPS) is 15.4. The number of benzene rings is 1. The molecule has 1 amide bonds. The Morgan fingerprint density at radius 2 is 1.83 bits per heavy atom. The molecule has 30 heavy (non-hydrogen) atoms. The van der Waals surface area contributed by atoms with Gasteiger partial charge in [0.2, 0.25) is 0 Å². The minimum Gasteiger partial charge on any atom is -0.371 e. The van der Waals surface area contributed by atoms with Crippen LogP contribution in [0.15, 0.2) is 36.5 Å². The highest BCUT2D eigenvalue weighted by atomic mass is 35.5. The van der Waals surface area contributed by atoms with E-state index in [1.54, 1.807) is 18.2 Å². The van der Waals surface area contributed by atoms with Crippen molar-refractivity contribution < 1.29 is 4.79 Å². The van der Waals surface area contributed by atoms with Crippen LogP contribution in [0.3, 0.4) is 0 Å². The van der Waals surface area contributed by atoms with E-state index in [4.69, 9.17) is 23.2 Å². The van der Waals surface area contributed by atoms with Crippen LogP contribution in [0.2, 0.25) is 10.0 Å². The molecule has 0 unspecified atom stereocenters.